The lowest BCUT2D eigenvalue weighted by atomic mass is 10.0. The van der Waals surface area contributed by atoms with Gasteiger partial charge < -0.3 is 33.3 Å². The van der Waals surface area contributed by atoms with Crippen molar-refractivity contribution in [2.24, 2.45) is 11.8 Å². The first-order chi connectivity index (χ1) is 18.9. The molecule has 1 amide bonds. The standard InChI is InChI=1S/C30H35N3O6/c1-31-13-22-16-33(17-23(22)14-31)30(35)26-12-27(34)29(39-19-20-5-8-24(36-2)9-6-20)18-32(26)15-21-7-10-25(37-3)11-28(21)38-4/h5-12,18,22-23H,13-17,19H2,1-4H3/t22-,23+. The van der Waals surface area contributed by atoms with Crippen molar-refractivity contribution in [3.63, 3.8) is 0 Å². The van der Waals surface area contributed by atoms with Crippen LogP contribution < -0.4 is 24.4 Å². The Morgan fingerprint density at radius 3 is 2.15 bits per heavy atom. The number of hydrogen-bond acceptors (Lipinski definition) is 7. The van der Waals surface area contributed by atoms with Gasteiger partial charge in [0.05, 0.1) is 34.1 Å². The quantitative estimate of drug-likeness (QED) is 0.418. The molecule has 0 N–H and O–H groups in total. The SMILES string of the molecule is COc1ccc(COc2cn(Cc3ccc(OC)cc3OC)c(C(=O)N3C[C@H]4CN(C)C[C@H]4C3)cc2=O)cc1. The fraction of sp³-hybridized carbons (Fsp3) is 0.400. The van der Waals surface area contributed by atoms with Gasteiger partial charge in [-0.1, -0.05) is 12.1 Å². The number of rotatable bonds is 9. The van der Waals surface area contributed by atoms with Gasteiger partial charge in [-0.3, -0.25) is 9.59 Å². The van der Waals surface area contributed by atoms with Crippen LogP contribution in [-0.2, 0) is 13.2 Å². The summed E-state index contributed by atoms with van der Waals surface area (Å²) in [5, 5.41) is 0. The number of nitrogens with zero attached hydrogens (tertiary/aromatic N) is 3. The van der Waals surface area contributed by atoms with Crippen LogP contribution in [0, 0.1) is 11.8 Å². The molecule has 0 unspecified atom stereocenters. The van der Waals surface area contributed by atoms with Crippen molar-refractivity contribution in [1.82, 2.24) is 14.4 Å². The number of carbonyl (C=O) groups is 1. The Bertz CT molecular complexity index is 1370. The zero-order valence-electron chi connectivity index (χ0n) is 22.9. The van der Waals surface area contributed by atoms with Gasteiger partial charge in [-0.25, -0.2) is 0 Å². The Labute approximate surface area is 228 Å². The van der Waals surface area contributed by atoms with E-state index in [1.54, 1.807) is 38.2 Å². The third-order valence-corrected chi connectivity index (χ3v) is 7.66. The van der Waals surface area contributed by atoms with Crippen LogP contribution in [0.15, 0.2) is 59.5 Å². The molecule has 2 atom stereocenters. The van der Waals surface area contributed by atoms with Crippen LogP contribution in [0.1, 0.15) is 21.6 Å². The van der Waals surface area contributed by atoms with E-state index >= 15 is 0 Å². The molecule has 2 aliphatic heterocycles. The maximum absolute atomic E-state index is 13.8. The highest BCUT2D eigenvalue weighted by Gasteiger charge is 2.41. The number of methoxy groups -OCH3 is 3. The van der Waals surface area contributed by atoms with E-state index in [0.29, 0.717) is 48.7 Å². The summed E-state index contributed by atoms with van der Waals surface area (Å²) in [5.41, 5.74) is 1.75. The van der Waals surface area contributed by atoms with Gasteiger partial charge in [0, 0.05) is 43.9 Å². The van der Waals surface area contributed by atoms with Gasteiger partial charge in [-0.2, -0.15) is 0 Å². The third-order valence-electron chi connectivity index (χ3n) is 7.66. The van der Waals surface area contributed by atoms with E-state index in [9.17, 15) is 9.59 Å². The van der Waals surface area contributed by atoms with Gasteiger partial charge in [0.15, 0.2) is 5.75 Å². The van der Waals surface area contributed by atoms with Crippen LogP contribution in [0.25, 0.3) is 0 Å². The molecule has 0 spiro atoms. The van der Waals surface area contributed by atoms with E-state index in [-0.39, 0.29) is 23.7 Å². The van der Waals surface area contributed by atoms with Gasteiger partial charge in [0.1, 0.15) is 29.5 Å². The molecule has 0 radical (unpaired) electrons. The third kappa shape index (κ3) is 5.73. The summed E-state index contributed by atoms with van der Waals surface area (Å²) in [6, 6.07) is 14.4. The largest absolute Gasteiger partial charge is 0.497 e. The van der Waals surface area contributed by atoms with Crippen molar-refractivity contribution < 1.29 is 23.7 Å². The van der Waals surface area contributed by atoms with Gasteiger partial charge in [0.25, 0.3) is 5.91 Å². The Kier molecular flexibility index (Phi) is 7.79. The van der Waals surface area contributed by atoms with E-state index in [1.807, 2.05) is 41.3 Å². The molecule has 39 heavy (non-hydrogen) atoms. The Morgan fingerprint density at radius 2 is 1.51 bits per heavy atom. The van der Waals surface area contributed by atoms with Crippen LogP contribution in [0.2, 0.25) is 0 Å². The fourth-order valence-corrected chi connectivity index (χ4v) is 5.58. The number of amides is 1. The fourth-order valence-electron chi connectivity index (χ4n) is 5.58. The van der Waals surface area contributed by atoms with Crippen LogP contribution in [0.3, 0.4) is 0 Å². The molecule has 3 heterocycles. The van der Waals surface area contributed by atoms with Crippen LogP contribution in [0.4, 0.5) is 0 Å². The van der Waals surface area contributed by atoms with Crippen LogP contribution in [0.5, 0.6) is 23.0 Å². The van der Waals surface area contributed by atoms with Crippen molar-refractivity contribution in [3.8, 4) is 23.0 Å². The van der Waals surface area contributed by atoms with Gasteiger partial charge in [0.2, 0.25) is 5.43 Å². The molecular weight excluding hydrogens is 498 g/mol. The zero-order valence-corrected chi connectivity index (χ0v) is 22.9. The maximum atomic E-state index is 13.8. The average Bonchev–Trinajstić information content (AvgIpc) is 3.50. The summed E-state index contributed by atoms with van der Waals surface area (Å²) in [6.45, 7) is 3.90. The molecule has 5 rings (SSSR count). The van der Waals surface area contributed by atoms with Crippen molar-refractivity contribution >= 4 is 5.91 Å². The number of hydrogen-bond donors (Lipinski definition) is 0. The Balaban J connectivity index is 1.45. The second-order valence-electron chi connectivity index (χ2n) is 10.3. The van der Waals surface area contributed by atoms with Crippen LogP contribution >= 0.6 is 0 Å². The Morgan fingerprint density at radius 1 is 0.846 bits per heavy atom. The summed E-state index contributed by atoms with van der Waals surface area (Å²) in [7, 11) is 6.93. The van der Waals surface area contributed by atoms with Crippen molar-refractivity contribution in [3.05, 3.63) is 81.8 Å². The molecule has 2 saturated heterocycles. The van der Waals surface area contributed by atoms with Crippen molar-refractivity contribution in [1.29, 1.82) is 0 Å². The predicted molar refractivity (Wildman–Crippen MR) is 147 cm³/mol. The second kappa shape index (κ2) is 11.4. The summed E-state index contributed by atoms with van der Waals surface area (Å²) >= 11 is 0. The lowest BCUT2D eigenvalue weighted by Crippen LogP contribution is -2.35. The average molecular weight is 534 g/mol. The van der Waals surface area contributed by atoms with Crippen molar-refractivity contribution in [2.45, 2.75) is 13.2 Å². The molecule has 2 aromatic carbocycles. The van der Waals surface area contributed by atoms with E-state index in [2.05, 4.69) is 11.9 Å². The summed E-state index contributed by atoms with van der Waals surface area (Å²) in [5.74, 6) is 3.01. The van der Waals surface area contributed by atoms with E-state index in [0.717, 1.165) is 30.0 Å². The zero-order chi connectivity index (χ0) is 27.5. The summed E-state index contributed by atoms with van der Waals surface area (Å²) in [6.07, 6.45) is 1.63. The summed E-state index contributed by atoms with van der Waals surface area (Å²) in [4.78, 5) is 31.1. The lowest BCUT2D eigenvalue weighted by molar-refractivity contribution is 0.0764. The molecule has 206 valence electrons. The summed E-state index contributed by atoms with van der Waals surface area (Å²) < 4.78 is 23.9. The van der Waals surface area contributed by atoms with E-state index < -0.39 is 0 Å². The number of ether oxygens (including phenoxy) is 4. The highest BCUT2D eigenvalue weighted by atomic mass is 16.5. The lowest BCUT2D eigenvalue weighted by Gasteiger charge is -2.23. The first-order valence-electron chi connectivity index (χ1n) is 13.1. The molecular formula is C30H35N3O6. The maximum Gasteiger partial charge on any atom is 0.270 e. The minimum Gasteiger partial charge on any atom is -0.497 e. The molecule has 2 aliphatic rings. The smallest absolute Gasteiger partial charge is 0.270 e. The molecule has 9 heteroatoms. The number of fused-ring (bicyclic) bond motifs is 1. The molecule has 0 saturated carbocycles. The number of aromatic nitrogens is 1. The molecule has 0 bridgehead atoms. The Hall–Kier alpha value is -3.98. The minimum atomic E-state index is -0.330. The highest BCUT2D eigenvalue weighted by Crippen LogP contribution is 2.31. The monoisotopic (exact) mass is 533 g/mol. The second-order valence-corrected chi connectivity index (χ2v) is 10.3. The van der Waals surface area contributed by atoms with E-state index in [4.69, 9.17) is 18.9 Å². The molecule has 9 nitrogen and oxygen atoms in total. The van der Waals surface area contributed by atoms with E-state index in [1.165, 1.54) is 6.07 Å². The molecule has 3 aromatic rings. The first kappa shape index (κ1) is 26.6. The highest BCUT2D eigenvalue weighted by molar-refractivity contribution is 5.93. The number of benzene rings is 2. The number of pyridine rings is 1. The number of likely N-dealkylation sites (tertiary alicyclic amines) is 2. The molecule has 2 fully saturated rings. The van der Waals surface area contributed by atoms with Crippen molar-refractivity contribution in [2.75, 3.05) is 54.6 Å². The molecule has 0 aliphatic carbocycles. The number of carbonyl (C=O) groups excluding carboxylic acids is 1. The topological polar surface area (TPSA) is 82.5 Å². The van der Waals surface area contributed by atoms with Gasteiger partial charge >= 0.3 is 0 Å². The van der Waals surface area contributed by atoms with Gasteiger partial charge in [-0.05, 0) is 48.7 Å². The minimum absolute atomic E-state index is 0.140. The predicted octanol–water partition coefficient (Wildman–Crippen LogP) is 3.14. The van der Waals surface area contributed by atoms with Gasteiger partial charge in [-0.15, -0.1) is 0 Å². The molecule has 1 aromatic heterocycles. The normalized spacial score (nSPS) is 18.6. The first-order valence-corrected chi connectivity index (χ1v) is 13.1. The van der Waals surface area contributed by atoms with Crippen LogP contribution in [-0.4, -0.2) is 74.8 Å².